The lowest BCUT2D eigenvalue weighted by atomic mass is 9.92. The summed E-state index contributed by atoms with van der Waals surface area (Å²) in [6, 6.07) is 6.74. The second-order valence-corrected chi connectivity index (χ2v) is 7.29. The Labute approximate surface area is 154 Å². The van der Waals surface area contributed by atoms with Crippen LogP contribution in [-0.2, 0) is 19.1 Å². The third kappa shape index (κ3) is 7.65. The molecule has 0 aliphatic heterocycles. The summed E-state index contributed by atoms with van der Waals surface area (Å²) >= 11 is 0. The van der Waals surface area contributed by atoms with Gasteiger partial charge in [-0.2, -0.15) is 0 Å². The minimum Gasteiger partial charge on any atom is -0.481 e. The number of methoxy groups -OCH3 is 1. The zero-order valence-corrected chi connectivity index (χ0v) is 15.7. The lowest BCUT2D eigenvalue weighted by Gasteiger charge is -2.23. The van der Waals surface area contributed by atoms with Gasteiger partial charge in [0.25, 0.3) is 0 Å². The molecular weight excluding hydrogens is 336 g/mol. The molecule has 26 heavy (non-hydrogen) atoms. The van der Waals surface area contributed by atoms with Crippen molar-refractivity contribution in [2.75, 3.05) is 13.7 Å². The lowest BCUT2D eigenvalue weighted by molar-refractivity contribution is -0.145. The summed E-state index contributed by atoms with van der Waals surface area (Å²) in [5, 5.41) is 14.7. The Kier molecular flexibility index (Phi) is 8.25. The van der Waals surface area contributed by atoms with Crippen molar-refractivity contribution in [3.05, 3.63) is 35.9 Å². The van der Waals surface area contributed by atoms with Crippen LogP contribution in [-0.4, -0.2) is 42.6 Å². The van der Waals surface area contributed by atoms with E-state index in [1.165, 1.54) is 7.11 Å². The van der Waals surface area contributed by atoms with Crippen LogP contribution in [0, 0.1) is 5.41 Å². The maximum absolute atomic E-state index is 12.6. The molecule has 1 aromatic rings. The second-order valence-electron chi connectivity index (χ2n) is 7.29. The zero-order valence-electron chi connectivity index (χ0n) is 15.7. The number of carboxylic acids is 1. The highest BCUT2D eigenvalue weighted by Crippen LogP contribution is 2.18. The molecule has 0 radical (unpaired) electrons. The number of hydrogen-bond acceptors (Lipinski definition) is 5. The van der Waals surface area contributed by atoms with Crippen molar-refractivity contribution in [3.63, 3.8) is 0 Å². The van der Waals surface area contributed by atoms with E-state index in [-0.39, 0.29) is 11.8 Å². The van der Waals surface area contributed by atoms with E-state index < -0.39 is 29.9 Å². The van der Waals surface area contributed by atoms with Crippen molar-refractivity contribution in [2.24, 2.45) is 5.41 Å². The third-order valence-corrected chi connectivity index (χ3v) is 3.82. The number of ether oxygens (including phenoxy) is 1. The summed E-state index contributed by atoms with van der Waals surface area (Å²) in [5.74, 6) is -2.27. The molecule has 7 heteroatoms. The highest BCUT2D eigenvalue weighted by molar-refractivity contribution is 5.90. The van der Waals surface area contributed by atoms with Crippen molar-refractivity contribution in [1.29, 1.82) is 0 Å². The van der Waals surface area contributed by atoms with Crippen molar-refractivity contribution in [3.8, 4) is 0 Å². The Bertz CT molecular complexity index is 610. The van der Waals surface area contributed by atoms with E-state index in [0.717, 1.165) is 6.42 Å². The van der Waals surface area contributed by atoms with E-state index >= 15 is 0 Å². The minimum atomic E-state index is -1.09. The average molecular weight is 364 g/mol. The van der Waals surface area contributed by atoms with Gasteiger partial charge >= 0.3 is 11.9 Å². The van der Waals surface area contributed by atoms with Crippen molar-refractivity contribution in [2.45, 2.75) is 45.7 Å². The molecule has 0 spiro atoms. The Morgan fingerprint density at radius 2 is 1.77 bits per heavy atom. The molecule has 0 aliphatic rings. The van der Waals surface area contributed by atoms with Gasteiger partial charge in [0.05, 0.1) is 19.6 Å². The topological polar surface area (TPSA) is 105 Å². The van der Waals surface area contributed by atoms with Gasteiger partial charge in [-0.15, -0.1) is 0 Å². The van der Waals surface area contributed by atoms with E-state index in [0.29, 0.717) is 12.1 Å². The van der Waals surface area contributed by atoms with Crippen LogP contribution >= 0.6 is 0 Å². The number of carboxylic acid groups (broad SMARTS) is 1. The predicted molar refractivity (Wildman–Crippen MR) is 97.5 cm³/mol. The quantitative estimate of drug-likeness (QED) is 0.578. The monoisotopic (exact) mass is 364 g/mol. The molecule has 0 aliphatic carbocycles. The standard InChI is InChI=1S/C19H28N2O5/c1-19(2,3)10-11-20-14(12-15(22)23)17(24)21-16(18(25)26-4)13-8-6-5-7-9-13/h5-9,14,16,20H,10-12H2,1-4H3,(H,21,24)(H,22,23)/t14-,16-/m0/s1. The summed E-state index contributed by atoms with van der Waals surface area (Å²) in [6.07, 6.45) is 0.397. The van der Waals surface area contributed by atoms with E-state index in [1.54, 1.807) is 30.3 Å². The van der Waals surface area contributed by atoms with Gasteiger partial charge in [-0.25, -0.2) is 4.79 Å². The van der Waals surface area contributed by atoms with Gasteiger partial charge in [0.15, 0.2) is 6.04 Å². The van der Waals surface area contributed by atoms with Gasteiger partial charge in [-0.1, -0.05) is 51.1 Å². The van der Waals surface area contributed by atoms with Crippen LogP contribution < -0.4 is 10.6 Å². The first-order valence-corrected chi connectivity index (χ1v) is 8.52. The van der Waals surface area contributed by atoms with Crippen LogP contribution in [0.3, 0.4) is 0 Å². The second kappa shape index (κ2) is 9.91. The molecule has 1 rings (SSSR count). The van der Waals surface area contributed by atoms with Gasteiger partial charge in [0, 0.05) is 0 Å². The SMILES string of the molecule is COC(=O)[C@@H](NC(=O)[C@H](CC(=O)O)NCCC(C)(C)C)c1ccccc1. The first-order valence-electron chi connectivity index (χ1n) is 8.52. The minimum absolute atomic E-state index is 0.0514. The summed E-state index contributed by atoms with van der Waals surface area (Å²) in [6.45, 7) is 6.67. The van der Waals surface area contributed by atoms with Crippen LogP contribution in [0.2, 0.25) is 0 Å². The lowest BCUT2D eigenvalue weighted by Crippen LogP contribution is -2.48. The first kappa shape index (κ1) is 21.6. The number of amides is 1. The molecule has 144 valence electrons. The molecule has 2 atom stereocenters. The Morgan fingerprint density at radius 1 is 1.15 bits per heavy atom. The Balaban J connectivity index is 2.86. The molecule has 0 unspecified atom stereocenters. The van der Waals surface area contributed by atoms with Gasteiger partial charge in [0.2, 0.25) is 5.91 Å². The van der Waals surface area contributed by atoms with Crippen LogP contribution in [0.5, 0.6) is 0 Å². The Morgan fingerprint density at radius 3 is 2.27 bits per heavy atom. The number of carbonyl (C=O) groups is 3. The number of benzene rings is 1. The number of rotatable bonds is 9. The molecule has 0 aromatic heterocycles. The van der Waals surface area contributed by atoms with Gasteiger partial charge in [0.1, 0.15) is 0 Å². The maximum atomic E-state index is 12.6. The summed E-state index contributed by atoms with van der Waals surface area (Å²) in [7, 11) is 1.24. The summed E-state index contributed by atoms with van der Waals surface area (Å²) in [5.41, 5.74) is 0.618. The molecule has 0 bridgehead atoms. The zero-order chi connectivity index (χ0) is 19.7. The number of aliphatic carboxylic acids is 1. The fourth-order valence-corrected chi connectivity index (χ4v) is 2.34. The first-order chi connectivity index (χ1) is 12.1. The Hall–Kier alpha value is -2.41. The molecule has 0 fully saturated rings. The third-order valence-electron chi connectivity index (χ3n) is 3.82. The highest BCUT2D eigenvalue weighted by Gasteiger charge is 2.28. The average Bonchev–Trinajstić information content (AvgIpc) is 2.57. The van der Waals surface area contributed by atoms with Crippen LogP contribution in [0.1, 0.15) is 45.2 Å². The number of carbonyl (C=O) groups excluding carboxylic acids is 2. The fourth-order valence-electron chi connectivity index (χ4n) is 2.34. The normalized spacial score (nSPS) is 13.5. The number of hydrogen-bond donors (Lipinski definition) is 3. The molecule has 1 amide bonds. The van der Waals surface area contributed by atoms with Crippen LogP contribution in [0.4, 0.5) is 0 Å². The highest BCUT2D eigenvalue weighted by atomic mass is 16.5. The predicted octanol–water partition coefficient (Wildman–Crippen LogP) is 1.89. The van der Waals surface area contributed by atoms with E-state index in [2.05, 4.69) is 31.4 Å². The number of nitrogens with one attached hydrogen (secondary N) is 2. The van der Waals surface area contributed by atoms with Gasteiger partial charge in [-0.05, 0) is 23.9 Å². The van der Waals surface area contributed by atoms with Crippen LogP contribution in [0.25, 0.3) is 0 Å². The molecule has 0 saturated carbocycles. The van der Waals surface area contributed by atoms with Gasteiger partial charge in [-0.3, -0.25) is 9.59 Å². The van der Waals surface area contributed by atoms with E-state index in [4.69, 9.17) is 9.84 Å². The molecular formula is C19H28N2O5. The largest absolute Gasteiger partial charge is 0.481 e. The fraction of sp³-hybridized carbons (Fsp3) is 0.526. The van der Waals surface area contributed by atoms with Crippen molar-refractivity contribution >= 4 is 17.8 Å². The smallest absolute Gasteiger partial charge is 0.333 e. The molecule has 0 heterocycles. The molecule has 0 saturated heterocycles. The van der Waals surface area contributed by atoms with E-state index in [1.807, 2.05) is 0 Å². The maximum Gasteiger partial charge on any atom is 0.333 e. The summed E-state index contributed by atoms with van der Waals surface area (Å²) in [4.78, 5) is 35.8. The van der Waals surface area contributed by atoms with Crippen molar-refractivity contribution < 1.29 is 24.2 Å². The molecule has 3 N–H and O–H groups in total. The summed E-state index contributed by atoms with van der Waals surface area (Å²) < 4.78 is 4.76. The van der Waals surface area contributed by atoms with Gasteiger partial charge < -0.3 is 20.5 Å². The van der Waals surface area contributed by atoms with Crippen LogP contribution in [0.15, 0.2) is 30.3 Å². The molecule has 1 aromatic carbocycles. The number of esters is 1. The van der Waals surface area contributed by atoms with E-state index in [9.17, 15) is 14.4 Å². The molecule has 7 nitrogen and oxygen atoms in total. The van der Waals surface area contributed by atoms with Crippen molar-refractivity contribution in [1.82, 2.24) is 10.6 Å².